The topological polar surface area (TPSA) is 52.6 Å². The first kappa shape index (κ1) is 11.9. The molecule has 4 heteroatoms. The van der Waals surface area contributed by atoms with Crippen molar-refractivity contribution in [1.82, 2.24) is 0 Å². The third-order valence-electron chi connectivity index (χ3n) is 1.25. The summed E-state index contributed by atoms with van der Waals surface area (Å²) in [5, 5.41) is 0. The van der Waals surface area contributed by atoms with E-state index in [0.29, 0.717) is 0 Å². The van der Waals surface area contributed by atoms with E-state index in [1.165, 1.54) is 13.8 Å². The van der Waals surface area contributed by atoms with Gasteiger partial charge in [0.2, 0.25) is 0 Å². The molecule has 0 unspecified atom stereocenters. The molecule has 0 saturated carbocycles. The van der Waals surface area contributed by atoms with E-state index in [4.69, 9.17) is 9.47 Å². The quantitative estimate of drug-likeness (QED) is 0.486. The van der Waals surface area contributed by atoms with Gasteiger partial charge in [0.25, 0.3) is 6.29 Å². The van der Waals surface area contributed by atoms with Crippen LogP contribution in [0.25, 0.3) is 0 Å². The maximum atomic E-state index is 10.7. The third-order valence-corrected chi connectivity index (χ3v) is 1.25. The predicted molar refractivity (Wildman–Crippen MR) is 46.8 cm³/mol. The maximum Gasteiger partial charge on any atom is 0.305 e. The Morgan fingerprint density at radius 3 is 1.46 bits per heavy atom. The Bertz CT molecular complexity index is 186. The predicted octanol–water partition coefficient (Wildman–Crippen LogP) is 1.48. The van der Waals surface area contributed by atoms with Crippen LogP contribution in [0.5, 0.6) is 0 Å². The molecule has 0 spiro atoms. The van der Waals surface area contributed by atoms with E-state index in [-0.39, 0.29) is 0 Å². The molecule has 4 nitrogen and oxygen atoms in total. The van der Waals surface area contributed by atoms with Crippen LogP contribution >= 0.6 is 0 Å². The summed E-state index contributed by atoms with van der Waals surface area (Å²) in [7, 11) is 0. The molecular formula is C9H16O4. The Hall–Kier alpha value is -1.06. The monoisotopic (exact) mass is 188 g/mol. The summed E-state index contributed by atoms with van der Waals surface area (Å²) in [5.41, 5.74) is -0.405. The number of carbonyl (C=O) groups excluding carboxylic acids is 2. The largest absolute Gasteiger partial charge is 0.425 e. The first-order chi connectivity index (χ1) is 5.73. The Balaban J connectivity index is 4.37. The second kappa shape index (κ2) is 4.25. The molecule has 76 valence electrons. The van der Waals surface area contributed by atoms with Gasteiger partial charge in [-0.2, -0.15) is 0 Å². The van der Waals surface area contributed by atoms with E-state index in [2.05, 4.69) is 0 Å². The fraction of sp³-hybridized carbons (Fsp3) is 0.778. The lowest BCUT2D eigenvalue weighted by Crippen LogP contribution is -2.34. The lowest BCUT2D eigenvalue weighted by Gasteiger charge is -2.28. The summed E-state index contributed by atoms with van der Waals surface area (Å²) in [4.78, 5) is 21.3. The molecule has 0 atom stereocenters. The van der Waals surface area contributed by atoms with Crippen molar-refractivity contribution in [3.63, 3.8) is 0 Å². The van der Waals surface area contributed by atoms with Gasteiger partial charge in [-0.25, -0.2) is 0 Å². The van der Waals surface area contributed by atoms with Gasteiger partial charge in [-0.1, -0.05) is 20.8 Å². The fourth-order valence-electron chi connectivity index (χ4n) is 0.679. The first-order valence-corrected chi connectivity index (χ1v) is 4.08. The lowest BCUT2D eigenvalue weighted by molar-refractivity contribution is -0.204. The Kier molecular flexibility index (Phi) is 3.91. The van der Waals surface area contributed by atoms with Crippen LogP contribution in [-0.4, -0.2) is 18.2 Å². The van der Waals surface area contributed by atoms with Crippen molar-refractivity contribution >= 4 is 11.9 Å². The molecule has 0 saturated heterocycles. The second-order valence-electron chi connectivity index (χ2n) is 3.92. The van der Waals surface area contributed by atoms with Crippen molar-refractivity contribution in [2.75, 3.05) is 0 Å². The molecule has 0 heterocycles. The van der Waals surface area contributed by atoms with Crippen LogP contribution in [0.1, 0.15) is 34.6 Å². The number of ether oxygens (including phenoxy) is 2. The van der Waals surface area contributed by atoms with Crippen molar-refractivity contribution in [3.05, 3.63) is 0 Å². The molecule has 0 aromatic rings. The minimum atomic E-state index is -0.817. The van der Waals surface area contributed by atoms with E-state index in [1.807, 2.05) is 20.8 Å². The van der Waals surface area contributed by atoms with Crippen LogP contribution in [0.2, 0.25) is 0 Å². The van der Waals surface area contributed by atoms with Gasteiger partial charge in [0.15, 0.2) is 0 Å². The van der Waals surface area contributed by atoms with Crippen molar-refractivity contribution in [1.29, 1.82) is 0 Å². The van der Waals surface area contributed by atoms with Crippen LogP contribution in [0.4, 0.5) is 0 Å². The smallest absolute Gasteiger partial charge is 0.305 e. The molecule has 0 aromatic carbocycles. The highest BCUT2D eigenvalue weighted by Crippen LogP contribution is 2.23. The Morgan fingerprint density at radius 1 is 1.00 bits per heavy atom. The van der Waals surface area contributed by atoms with Gasteiger partial charge < -0.3 is 9.47 Å². The number of carbonyl (C=O) groups is 2. The molecule has 0 aromatic heterocycles. The molecule has 0 aliphatic carbocycles. The third kappa shape index (κ3) is 5.22. The Labute approximate surface area is 78.2 Å². The van der Waals surface area contributed by atoms with Crippen LogP contribution in [0.3, 0.4) is 0 Å². The second-order valence-corrected chi connectivity index (χ2v) is 3.92. The first-order valence-electron chi connectivity index (χ1n) is 4.08. The van der Waals surface area contributed by atoms with Crippen LogP contribution in [0, 0.1) is 5.41 Å². The van der Waals surface area contributed by atoms with E-state index in [9.17, 15) is 9.59 Å². The van der Waals surface area contributed by atoms with Gasteiger partial charge in [0.05, 0.1) is 0 Å². The van der Waals surface area contributed by atoms with Gasteiger partial charge in [0, 0.05) is 19.3 Å². The summed E-state index contributed by atoms with van der Waals surface area (Å²) >= 11 is 0. The molecule has 13 heavy (non-hydrogen) atoms. The zero-order valence-corrected chi connectivity index (χ0v) is 8.71. The zero-order valence-electron chi connectivity index (χ0n) is 8.71. The van der Waals surface area contributed by atoms with Crippen LogP contribution in [0.15, 0.2) is 0 Å². The number of hydrogen-bond donors (Lipinski definition) is 0. The number of rotatable bonds is 2. The summed E-state index contributed by atoms with van der Waals surface area (Å²) < 4.78 is 9.69. The summed E-state index contributed by atoms with van der Waals surface area (Å²) in [6.45, 7) is 8.03. The molecule has 0 aliphatic heterocycles. The molecule has 0 aliphatic rings. The SMILES string of the molecule is CC(=O)OC(OC(C)=O)C(C)(C)C. The molecule has 0 amide bonds. The van der Waals surface area contributed by atoms with Crippen LogP contribution in [-0.2, 0) is 19.1 Å². The molecule has 0 N–H and O–H groups in total. The molecule has 0 radical (unpaired) electrons. The van der Waals surface area contributed by atoms with Gasteiger partial charge in [0.1, 0.15) is 0 Å². The zero-order chi connectivity index (χ0) is 10.6. The van der Waals surface area contributed by atoms with Crippen molar-refractivity contribution in [2.45, 2.75) is 40.9 Å². The molecular weight excluding hydrogens is 172 g/mol. The van der Waals surface area contributed by atoms with Gasteiger partial charge >= 0.3 is 11.9 Å². The lowest BCUT2D eigenvalue weighted by atomic mass is 9.96. The molecule has 0 rings (SSSR count). The van der Waals surface area contributed by atoms with Crippen molar-refractivity contribution < 1.29 is 19.1 Å². The summed E-state index contributed by atoms with van der Waals surface area (Å²) in [5.74, 6) is -0.914. The Morgan fingerprint density at radius 2 is 1.31 bits per heavy atom. The average molecular weight is 188 g/mol. The molecule has 0 bridgehead atoms. The summed E-state index contributed by atoms with van der Waals surface area (Å²) in [6, 6.07) is 0. The summed E-state index contributed by atoms with van der Waals surface area (Å²) in [6.07, 6.45) is -0.817. The maximum absolute atomic E-state index is 10.7. The number of esters is 2. The van der Waals surface area contributed by atoms with Gasteiger partial charge in [-0.15, -0.1) is 0 Å². The van der Waals surface area contributed by atoms with Gasteiger partial charge in [-0.05, 0) is 0 Å². The van der Waals surface area contributed by atoms with E-state index < -0.39 is 23.6 Å². The van der Waals surface area contributed by atoms with Crippen molar-refractivity contribution in [2.24, 2.45) is 5.41 Å². The number of hydrogen-bond acceptors (Lipinski definition) is 4. The van der Waals surface area contributed by atoms with E-state index in [1.54, 1.807) is 0 Å². The molecule has 0 fully saturated rings. The van der Waals surface area contributed by atoms with Crippen LogP contribution < -0.4 is 0 Å². The average Bonchev–Trinajstić information content (AvgIpc) is 1.81. The fourth-order valence-corrected chi connectivity index (χ4v) is 0.679. The van der Waals surface area contributed by atoms with Gasteiger partial charge in [-0.3, -0.25) is 9.59 Å². The highest BCUT2D eigenvalue weighted by atomic mass is 16.7. The standard InChI is InChI=1S/C9H16O4/c1-6(10)12-8(9(3,4)5)13-7(2)11/h8H,1-5H3. The van der Waals surface area contributed by atoms with E-state index in [0.717, 1.165) is 0 Å². The highest BCUT2D eigenvalue weighted by Gasteiger charge is 2.30. The minimum absolute atomic E-state index is 0.405. The van der Waals surface area contributed by atoms with E-state index >= 15 is 0 Å². The minimum Gasteiger partial charge on any atom is -0.425 e. The van der Waals surface area contributed by atoms with Crippen molar-refractivity contribution in [3.8, 4) is 0 Å². The highest BCUT2D eigenvalue weighted by molar-refractivity contribution is 5.68. The normalized spacial score (nSPS) is 11.2.